The number of rotatable bonds is 9. The van der Waals surface area contributed by atoms with Crippen molar-refractivity contribution in [3.8, 4) is 0 Å². The first kappa shape index (κ1) is 68.1. The molecule has 15 nitrogen and oxygen atoms in total. The molecule has 0 spiro atoms. The molecule has 520 valence electrons. The first-order valence-electron chi connectivity index (χ1n) is 38.7. The fourth-order valence-electron chi connectivity index (χ4n) is 22.6. The van der Waals surface area contributed by atoms with Crippen LogP contribution in [0.1, 0.15) is 303 Å². The van der Waals surface area contributed by atoms with E-state index in [1.165, 1.54) is 207 Å². The SMILES string of the molecule is C.CC(=O)c1nc2ccccc2n(C2C[C@H]3CCC[C@@H](C2)N3C2CC3CCCC(C3)C2)c1=O.CC(=O)c1nc2ccccc2n(C2C[C@H]3CC[C@@H](C2)N3C2CC3CCCC(C3)C2)c1=O.CC(=O)c1nc2ccccc2n(C2C[C@H]3CC[C@@H](C2)N3C2CCCCCCCCCC2)c1=O. The van der Waals surface area contributed by atoms with Gasteiger partial charge in [0.2, 0.25) is 0 Å². The van der Waals surface area contributed by atoms with Crippen molar-refractivity contribution in [1.29, 1.82) is 0 Å². The number of ketones is 3. The Morgan fingerprint density at radius 1 is 0.289 bits per heavy atom. The lowest BCUT2D eigenvalue weighted by Crippen LogP contribution is -2.58. The topological polar surface area (TPSA) is 166 Å². The number of fused-ring (bicyclic) bond motifs is 13. The van der Waals surface area contributed by atoms with Crippen LogP contribution in [-0.2, 0) is 0 Å². The van der Waals surface area contributed by atoms with Crippen LogP contribution >= 0.6 is 0 Å². The molecule has 10 bridgehead atoms. The number of hydrogen-bond donors (Lipinski definition) is 0. The molecule has 6 aromatic rings. The highest BCUT2D eigenvalue weighted by atomic mass is 16.2. The number of para-hydroxylation sites is 6. The molecule has 11 aliphatic rings. The molecule has 6 aliphatic heterocycles. The number of carbonyl (C=O) groups excluding carboxylic acids is 3. The lowest BCUT2D eigenvalue weighted by molar-refractivity contribution is -0.0486. The van der Waals surface area contributed by atoms with Gasteiger partial charge in [0, 0.05) is 93.3 Å². The van der Waals surface area contributed by atoms with Crippen LogP contribution in [0.2, 0.25) is 0 Å². The van der Waals surface area contributed by atoms with E-state index in [2.05, 4.69) is 29.7 Å². The second-order valence-corrected chi connectivity index (χ2v) is 32.4. The fourth-order valence-corrected chi connectivity index (χ4v) is 22.6. The van der Waals surface area contributed by atoms with Crippen molar-refractivity contribution in [1.82, 2.24) is 43.4 Å². The van der Waals surface area contributed by atoms with E-state index in [9.17, 15) is 28.8 Å². The molecule has 11 fully saturated rings. The van der Waals surface area contributed by atoms with Gasteiger partial charge in [0.15, 0.2) is 34.4 Å². The molecule has 0 N–H and O–H groups in total. The quantitative estimate of drug-likeness (QED) is 0.126. The molecule has 9 heterocycles. The maximum absolute atomic E-state index is 13.4. The molecule has 3 aromatic heterocycles. The Balaban J connectivity index is 0.000000124. The van der Waals surface area contributed by atoms with Gasteiger partial charge in [-0.3, -0.25) is 43.5 Å². The summed E-state index contributed by atoms with van der Waals surface area (Å²) in [5.74, 6) is 3.06. The van der Waals surface area contributed by atoms with Crippen LogP contribution in [0.3, 0.4) is 0 Å². The average molecular weight is 1320 g/mol. The summed E-state index contributed by atoms with van der Waals surface area (Å²) >= 11 is 0. The van der Waals surface area contributed by atoms with Crippen LogP contribution in [-0.4, -0.2) is 115 Å². The molecule has 0 amide bonds. The van der Waals surface area contributed by atoms with E-state index in [1.807, 2.05) is 86.5 Å². The summed E-state index contributed by atoms with van der Waals surface area (Å²) in [6.07, 6.45) is 45.8. The van der Waals surface area contributed by atoms with Crippen LogP contribution in [0.25, 0.3) is 33.1 Å². The van der Waals surface area contributed by atoms with Crippen molar-refractivity contribution in [2.24, 2.45) is 23.7 Å². The zero-order valence-corrected chi connectivity index (χ0v) is 57.9. The molecule has 17 rings (SSSR count). The monoisotopic (exact) mass is 1320 g/mol. The molecule has 0 radical (unpaired) electrons. The maximum Gasteiger partial charge on any atom is 0.280 e. The number of aromatic nitrogens is 6. The van der Waals surface area contributed by atoms with E-state index in [1.54, 1.807) is 0 Å². The molecular formula is C82H111N9O6. The van der Waals surface area contributed by atoms with E-state index < -0.39 is 0 Å². The summed E-state index contributed by atoms with van der Waals surface area (Å²) in [7, 11) is 0. The van der Waals surface area contributed by atoms with Crippen molar-refractivity contribution >= 4 is 50.4 Å². The van der Waals surface area contributed by atoms with Gasteiger partial charge < -0.3 is 13.7 Å². The third-order valence-electron chi connectivity index (χ3n) is 26.3. The summed E-state index contributed by atoms with van der Waals surface area (Å²) in [6, 6.07) is 29.5. The predicted octanol–water partition coefficient (Wildman–Crippen LogP) is 16.5. The smallest absolute Gasteiger partial charge is 0.280 e. The minimum Gasteiger partial charge on any atom is -0.302 e. The Labute approximate surface area is 575 Å². The fraction of sp³-hybridized carbons (Fsp3) is 0.671. The van der Waals surface area contributed by atoms with Crippen LogP contribution in [0.5, 0.6) is 0 Å². The van der Waals surface area contributed by atoms with E-state index in [0.717, 1.165) is 107 Å². The van der Waals surface area contributed by atoms with Gasteiger partial charge in [-0.1, -0.05) is 140 Å². The number of benzene rings is 3. The normalized spacial score (nSPS) is 32.4. The lowest BCUT2D eigenvalue weighted by atomic mass is 9.68. The molecule has 7 unspecified atom stereocenters. The van der Waals surface area contributed by atoms with E-state index in [-0.39, 0.29) is 76.7 Å². The molecule has 5 saturated carbocycles. The number of carbonyl (C=O) groups is 3. The molecule has 6 saturated heterocycles. The summed E-state index contributed by atoms with van der Waals surface area (Å²) in [6.45, 7) is 4.37. The first-order chi connectivity index (χ1) is 46.8. The van der Waals surface area contributed by atoms with Crippen molar-refractivity contribution in [3.05, 3.63) is 121 Å². The first-order valence-corrected chi connectivity index (χ1v) is 38.7. The highest BCUT2D eigenvalue weighted by molar-refractivity contribution is 5.95. The largest absolute Gasteiger partial charge is 0.302 e. The van der Waals surface area contributed by atoms with Crippen LogP contribution in [0.4, 0.5) is 0 Å². The standard InChI is InChI=1S/C28H39N3O2.C27H35N3O2.C26H33N3O2.CH4/c1-20(32)27-28(33)31(26-15-11-10-14-25(26)29-27)24-18-22-16-17-23(19-24)30(22)21-12-8-6-4-2-3-5-7-9-13-21;1-17(31)26-27(32)30(25-11-3-2-10-24(25)28-26)23-15-20-8-5-9-21(16-23)29(20)22-13-18-6-4-7-19(12-18)14-22;1-16(30)25-26(31)29(24-8-3-2-7-23(24)27-25)22-14-19-9-10-20(15-22)28(19)21-12-17-5-4-6-18(11-17)13-21;/h10-11,14-15,21-24H,2-9,12-13,16-19H2,1H3;2-3,10-11,18-23H,4-9,12-16H2,1H3;2-3,7-8,17-22H,4-6,9-15H2,1H3;1H4/t22-,23+,24?;18?,19?,20-,21+,22?,23?;17?,18?,19-,20+,21?,22?;. The van der Waals surface area contributed by atoms with Gasteiger partial charge in [0.05, 0.1) is 33.1 Å². The minimum absolute atomic E-state index is 0. The van der Waals surface area contributed by atoms with Crippen LogP contribution < -0.4 is 16.7 Å². The molecule has 15 heteroatoms. The Morgan fingerprint density at radius 2 is 0.546 bits per heavy atom. The van der Waals surface area contributed by atoms with Gasteiger partial charge in [-0.15, -0.1) is 0 Å². The molecule has 97 heavy (non-hydrogen) atoms. The number of hydrogen-bond acceptors (Lipinski definition) is 12. The van der Waals surface area contributed by atoms with Gasteiger partial charge in [-0.2, -0.15) is 0 Å². The number of nitrogens with zero attached hydrogens (tertiary/aromatic N) is 9. The van der Waals surface area contributed by atoms with Crippen LogP contribution in [0.15, 0.2) is 87.2 Å². The highest BCUT2D eigenvalue weighted by Gasteiger charge is 2.50. The van der Waals surface area contributed by atoms with Gasteiger partial charge in [0.25, 0.3) is 16.7 Å². The van der Waals surface area contributed by atoms with Gasteiger partial charge in [-0.05, 0) is 188 Å². The third-order valence-corrected chi connectivity index (χ3v) is 26.3. The second-order valence-electron chi connectivity index (χ2n) is 32.4. The highest BCUT2D eigenvalue weighted by Crippen LogP contribution is 2.51. The minimum atomic E-state index is -0.239. The zero-order valence-electron chi connectivity index (χ0n) is 57.9. The molecular weight excluding hydrogens is 1210 g/mol. The number of piperidine rings is 4. The van der Waals surface area contributed by atoms with E-state index >= 15 is 0 Å². The van der Waals surface area contributed by atoms with Crippen LogP contribution in [0, 0.1) is 23.7 Å². The molecule has 13 atom stereocenters. The summed E-state index contributed by atoms with van der Waals surface area (Å²) in [5, 5.41) is 0. The Kier molecular flexibility index (Phi) is 20.8. The van der Waals surface area contributed by atoms with Gasteiger partial charge in [0.1, 0.15) is 0 Å². The Bertz CT molecular complexity index is 3950. The molecule has 5 aliphatic carbocycles. The van der Waals surface area contributed by atoms with E-state index in [0.29, 0.717) is 42.3 Å². The summed E-state index contributed by atoms with van der Waals surface area (Å²) in [4.78, 5) is 98.7. The van der Waals surface area contributed by atoms with Crippen molar-refractivity contribution in [2.75, 3.05) is 0 Å². The summed E-state index contributed by atoms with van der Waals surface area (Å²) in [5.41, 5.74) is 4.57. The Morgan fingerprint density at radius 3 is 0.856 bits per heavy atom. The molecule has 3 aromatic carbocycles. The predicted molar refractivity (Wildman–Crippen MR) is 387 cm³/mol. The second kappa shape index (κ2) is 29.7. The number of Topliss-reactive ketones (excluding diaryl/α,β-unsaturated/α-hetero) is 3. The maximum atomic E-state index is 13.4. The van der Waals surface area contributed by atoms with Crippen molar-refractivity contribution < 1.29 is 14.4 Å². The van der Waals surface area contributed by atoms with Crippen molar-refractivity contribution in [3.63, 3.8) is 0 Å². The Hall–Kier alpha value is -6.03. The third kappa shape index (κ3) is 13.9. The zero-order chi connectivity index (χ0) is 65.7. The van der Waals surface area contributed by atoms with Crippen molar-refractivity contribution in [2.45, 2.75) is 325 Å². The summed E-state index contributed by atoms with van der Waals surface area (Å²) < 4.78 is 5.80. The van der Waals surface area contributed by atoms with Gasteiger partial charge in [-0.25, -0.2) is 15.0 Å². The van der Waals surface area contributed by atoms with Gasteiger partial charge >= 0.3 is 0 Å². The lowest BCUT2D eigenvalue weighted by Gasteiger charge is -2.55. The average Bonchev–Trinajstić information content (AvgIpc) is 1.71. The van der Waals surface area contributed by atoms with E-state index in [4.69, 9.17) is 0 Å².